The Morgan fingerprint density at radius 3 is 2.55 bits per heavy atom. The van der Waals surface area contributed by atoms with Crippen LogP contribution >= 0.6 is 11.3 Å². The third kappa shape index (κ3) is 2.85. The molecule has 0 aliphatic rings. The fourth-order valence-corrected chi connectivity index (χ4v) is 3.09. The molecule has 2 aromatic rings. The van der Waals surface area contributed by atoms with Crippen molar-refractivity contribution in [1.29, 1.82) is 0 Å². The summed E-state index contributed by atoms with van der Waals surface area (Å²) in [4.78, 5) is 16.9. The van der Waals surface area contributed by atoms with Crippen LogP contribution in [-0.2, 0) is 0 Å². The summed E-state index contributed by atoms with van der Waals surface area (Å²) in [6, 6.07) is 11.9. The Labute approximate surface area is 124 Å². The van der Waals surface area contributed by atoms with Gasteiger partial charge >= 0.3 is 0 Å². The predicted molar refractivity (Wildman–Crippen MR) is 85.6 cm³/mol. The molecule has 0 aliphatic carbocycles. The minimum Gasteiger partial charge on any atom is -0.387 e. The maximum absolute atomic E-state index is 12.6. The monoisotopic (exact) mass is 288 g/mol. The van der Waals surface area contributed by atoms with Crippen molar-refractivity contribution in [2.75, 3.05) is 19.4 Å². The van der Waals surface area contributed by atoms with E-state index < -0.39 is 0 Å². The van der Waals surface area contributed by atoms with E-state index in [2.05, 4.69) is 31.3 Å². The van der Waals surface area contributed by atoms with E-state index >= 15 is 0 Å². The van der Waals surface area contributed by atoms with Gasteiger partial charge in [-0.05, 0) is 38.1 Å². The van der Waals surface area contributed by atoms with Gasteiger partial charge < -0.3 is 10.2 Å². The molecule has 0 aliphatic heterocycles. The number of para-hydroxylation sites is 1. The number of nitrogens with one attached hydrogen (secondary N) is 1. The molecule has 1 atom stereocenters. The summed E-state index contributed by atoms with van der Waals surface area (Å²) in [5, 5.41) is 3.07. The summed E-state index contributed by atoms with van der Waals surface area (Å²) < 4.78 is 0. The lowest BCUT2D eigenvalue weighted by atomic mass is 10.1. The van der Waals surface area contributed by atoms with E-state index in [0.29, 0.717) is 5.56 Å². The van der Waals surface area contributed by atoms with E-state index in [4.69, 9.17) is 0 Å². The minimum atomic E-state index is 0.0357. The van der Waals surface area contributed by atoms with Crippen molar-refractivity contribution in [2.24, 2.45) is 0 Å². The highest BCUT2D eigenvalue weighted by molar-refractivity contribution is 7.12. The first kappa shape index (κ1) is 14.6. The van der Waals surface area contributed by atoms with Crippen molar-refractivity contribution < 1.29 is 4.79 Å². The Bertz CT molecular complexity index is 606. The first-order valence-corrected chi connectivity index (χ1v) is 7.46. The van der Waals surface area contributed by atoms with Crippen molar-refractivity contribution in [3.63, 3.8) is 0 Å². The van der Waals surface area contributed by atoms with E-state index in [1.54, 1.807) is 16.2 Å². The number of carbonyl (C=O) groups is 1. The average Bonchev–Trinajstić information content (AvgIpc) is 2.91. The fraction of sp³-hybridized carbons (Fsp3) is 0.312. The Balaban J connectivity index is 2.24. The van der Waals surface area contributed by atoms with E-state index in [-0.39, 0.29) is 11.9 Å². The van der Waals surface area contributed by atoms with Crippen LogP contribution in [-0.4, -0.2) is 24.9 Å². The fourth-order valence-electron chi connectivity index (χ4n) is 2.12. The molecule has 0 radical (unpaired) electrons. The van der Waals surface area contributed by atoms with E-state index in [9.17, 15) is 4.79 Å². The summed E-state index contributed by atoms with van der Waals surface area (Å²) >= 11 is 1.74. The number of aryl methyl sites for hydroxylation is 1. The van der Waals surface area contributed by atoms with E-state index in [1.807, 2.05) is 38.4 Å². The third-order valence-corrected chi connectivity index (χ3v) is 4.67. The van der Waals surface area contributed by atoms with Crippen LogP contribution in [0.15, 0.2) is 36.4 Å². The Kier molecular flexibility index (Phi) is 4.45. The van der Waals surface area contributed by atoms with Crippen LogP contribution in [0.4, 0.5) is 5.69 Å². The number of amides is 1. The molecular weight excluding hydrogens is 268 g/mol. The molecule has 1 aromatic carbocycles. The number of hydrogen-bond acceptors (Lipinski definition) is 3. The number of rotatable bonds is 4. The predicted octanol–water partition coefficient (Wildman–Crippen LogP) is 3.93. The molecule has 106 valence electrons. The van der Waals surface area contributed by atoms with Crippen LogP contribution in [0.25, 0.3) is 0 Å². The van der Waals surface area contributed by atoms with Gasteiger partial charge in [-0.1, -0.05) is 12.1 Å². The van der Waals surface area contributed by atoms with Gasteiger partial charge in [0.25, 0.3) is 5.91 Å². The Morgan fingerprint density at radius 1 is 1.25 bits per heavy atom. The minimum absolute atomic E-state index is 0.0357. The molecule has 1 unspecified atom stereocenters. The summed E-state index contributed by atoms with van der Waals surface area (Å²) in [5.41, 5.74) is 1.57. The van der Waals surface area contributed by atoms with Gasteiger partial charge in [0.15, 0.2) is 0 Å². The van der Waals surface area contributed by atoms with E-state index in [0.717, 1.165) is 5.69 Å². The summed E-state index contributed by atoms with van der Waals surface area (Å²) in [5.74, 6) is 0.0357. The molecule has 1 aromatic heterocycles. The molecule has 0 spiro atoms. The van der Waals surface area contributed by atoms with Crippen LogP contribution in [0.3, 0.4) is 0 Å². The Hall–Kier alpha value is -1.81. The van der Waals surface area contributed by atoms with Gasteiger partial charge in [0.1, 0.15) is 0 Å². The molecule has 4 heteroatoms. The molecule has 0 saturated heterocycles. The quantitative estimate of drug-likeness (QED) is 0.924. The van der Waals surface area contributed by atoms with Crippen molar-refractivity contribution in [3.8, 4) is 0 Å². The van der Waals surface area contributed by atoms with Crippen LogP contribution in [0, 0.1) is 6.92 Å². The summed E-state index contributed by atoms with van der Waals surface area (Å²) in [6.07, 6.45) is 0. The second-order valence-corrected chi connectivity index (χ2v) is 6.16. The normalized spacial score (nSPS) is 12.0. The Morgan fingerprint density at radius 2 is 1.95 bits per heavy atom. The summed E-state index contributed by atoms with van der Waals surface area (Å²) in [7, 11) is 3.69. The van der Waals surface area contributed by atoms with E-state index in [1.165, 1.54) is 9.75 Å². The topological polar surface area (TPSA) is 32.3 Å². The van der Waals surface area contributed by atoms with Crippen molar-refractivity contribution >= 4 is 22.9 Å². The van der Waals surface area contributed by atoms with Crippen molar-refractivity contribution in [2.45, 2.75) is 19.9 Å². The molecular formula is C16H20N2OS. The molecule has 20 heavy (non-hydrogen) atoms. The highest BCUT2D eigenvalue weighted by Gasteiger charge is 2.21. The van der Waals surface area contributed by atoms with Crippen molar-refractivity contribution in [3.05, 3.63) is 51.7 Å². The van der Waals surface area contributed by atoms with Crippen LogP contribution in [0.1, 0.15) is 33.1 Å². The lowest BCUT2D eigenvalue weighted by molar-refractivity contribution is 0.0746. The first-order chi connectivity index (χ1) is 9.54. The van der Waals surface area contributed by atoms with Gasteiger partial charge in [-0.15, -0.1) is 11.3 Å². The lowest BCUT2D eigenvalue weighted by Crippen LogP contribution is -2.29. The number of hydrogen-bond donors (Lipinski definition) is 1. The lowest BCUT2D eigenvalue weighted by Gasteiger charge is -2.25. The molecule has 3 nitrogen and oxygen atoms in total. The largest absolute Gasteiger partial charge is 0.387 e. The SMILES string of the molecule is CNc1ccccc1C(=O)N(C)C(C)c1ccc(C)s1. The molecule has 2 rings (SSSR count). The highest BCUT2D eigenvalue weighted by atomic mass is 32.1. The van der Waals surface area contributed by atoms with Gasteiger partial charge in [-0.25, -0.2) is 0 Å². The number of anilines is 1. The number of carbonyl (C=O) groups excluding carboxylic acids is 1. The second-order valence-electron chi connectivity index (χ2n) is 4.84. The summed E-state index contributed by atoms with van der Waals surface area (Å²) in [6.45, 7) is 4.14. The second kappa shape index (κ2) is 6.09. The van der Waals surface area contributed by atoms with Crippen LogP contribution in [0.2, 0.25) is 0 Å². The highest BCUT2D eigenvalue weighted by Crippen LogP contribution is 2.28. The zero-order valence-corrected chi connectivity index (χ0v) is 13.1. The maximum atomic E-state index is 12.6. The number of benzene rings is 1. The molecule has 1 amide bonds. The zero-order chi connectivity index (χ0) is 14.7. The smallest absolute Gasteiger partial charge is 0.256 e. The standard InChI is InChI=1S/C16H20N2OS/c1-11-9-10-15(20-11)12(2)18(4)16(19)13-7-5-6-8-14(13)17-3/h5-10,12,17H,1-4H3. The number of nitrogens with zero attached hydrogens (tertiary/aromatic N) is 1. The van der Waals surface area contributed by atoms with Gasteiger partial charge in [-0.3, -0.25) is 4.79 Å². The molecule has 1 heterocycles. The maximum Gasteiger partial charge on any atom is 0.256 e. The third-order valence-electron chi connectivity index (χ3n) is 3.50. The van der Waals surface area contributed by atoms with Crippen LogP contribution in [0.5, 0.6) is 0 Å². The zero-order valence-electron chi connectivity index (χ0n) is 12.3. The molecule has 0 saturated carbocycles. The molecule has 1 N–H and O–H groups in total. The van der Waals surface area contributed by atoms with Crippen LogP contribution < -0.4 is 5.32 Å². The first-order valence-electron chi connectivity index (χ1n) is 6.65. The van der Waals surface area contributed by atoms with Gasteiger partial charge in [0.2, 0.25) is 0 Å². The van der Waals surface area contributed by atoms with Crippen molar-refractivity contribution in [1.82, 2.24) is 4.90 Å². The van der Waals surface area contributed by atoms with Gasteiger partial charge in [0, 0.05) is 29.5 Å². The average molecular weight is 288 g/mol. The molecule has 0 bridgehead atoms. The molecule has 0 fully saturated rings. The van der Waals surface area contributed by atoms with Gasteiger partial charge in [0.05, 0.1) is 11.6 Å². The van der Waals surface area contributed by atoms with Gasteiger partial charge in [-0.2, -0.15) is 0 Å². The number of thiophene rings is 1.